The van der Waals surface area contributed by atoms with E-state index in [2.05, 4.69) is 4.74 Å². The number of hydrogen-bond acceptors (Lipinski definition) is 8. The van der Waals surface area contributed by atoms with Gasteiger partial charge < -0.3 is 18.9 Å². The molecule has 0 aliphatic rings. The maximum atomic E-state index is 13.2. The lowest BCUT2D eigenvalue weighted by Gasteiger charge is -2.18. The first kappa shape index (κ1) is 26.4. The monoisotopic (exact) mass is 485 g/mol. The number of pyridine rings is 1. The molecule has 0 saturated heterocycles. The smallest absolute Gasteiger partial charge is 0.416 e. The van der Waals surface area contributed by atoms with E-state index in [1.165, 1.54) is 19.9 Å². The fourth-order valence-electron chi connectivity index (χ4n) is 2.84. The molecule has 2 aromatic rings. The fraction of sp³-hybridized carbons (Fsp3) is 0.364. The number of carbonyl (C=O) groups excluding carboxylic acids is 3. The largest absolute Gasteiger partial charge is 0.488 e. The standard InChI is InChI=1S/C22H22F3NO8/c1-13-19(33-9-7-31-14(2)27)12-18(21(30)34-10-8-32-15(3)28)20(29)26(13)17-6-4-5-16(11-17)22(23,24)25/h4-6,11-12H,7-10H2,1-3H3. The molecule has 0 unspecified atom stereocenters. The Balaban J connectivity index is 2.48. The lowest BCUT2D eigenvalue weighted by molar-refractivity contribution is -0.142. The Morgan fingerprint density at radius 2 is 1.50 bits per heavy atom. The van der Waals surface area contributed by atoms with E-state index >= 15 is 0 Å². The quantitative estimate of drug-likeness (QED) is 0.303. The molecule has 1 heterocycles. The predicted octanol–water partition coefficient (Wildman–Crippen LogP) is 2.83. The number of halogens is 3. The van der Waals surface area contributed by atoms with Crippen molar-refractivity contribution < 1.29 is 46.5 Å². The van der Waals surface area contributed by atoms with Gasteiger partial charge in [0.15, 0.2) is 0 Å². The maximum Gasteiger partial charge on any atom is 0.416 e. The van der Waals surface area contributed by atoms with Crippen LogP contribution in [0.3, 0.4) is 0 Å². The van der Waals surface area contributed by atoms with E-state index in [0.29, 0.717) is 0 Å². The predicted molar refractivity (Wildman–Crippen MR) is 111 cm³/mol. The molecule has 0 bridgehead atoms. The second-order valence-electron chi connectivity index (χ2n) is 6.86. The lowest BCUT2D eigenvalue weighted by atomic mass is 10.1. The Kier molecular flexibility index (Phi) is 8.82. The van der Waals surface area contributed by atoms with Crippen LogP contribution in [0.4, 0.5) is 13.2 Å². The summed E-state index contributed by atoms with van der Waals surface area (Å²) in [5.41, 5.74) is -2.52. The number of esters is 3. The molecule has 12 heteroatoms. The van der Waals surface area contributed by atoms with Crippen molar-refractivity contribution in [1.82, 2.24) is 4.57 Å². The Hall–Kier alpha value is -3.83. The van der Waals surface area contributed by atoms with Crippen molar-refractivity contribution in [2.24, 2.45) is 0 Å². The Morgan fingerprint density at radius 3 is 2.09 bits per heavy atom. The highest BCUT2D eigenvalue weighted by molar-refractivity contribution is 5.89. The highest BCUT2D eigenvalue weighted by atomic mass is 19.4. The van der Waals surface area contributed by atoms with Crippen molar-refractivity contribution in [3.05, 3.63) is 57.5 Å². The van der Waals surface area contributed by atoms with Crippen molar-refractivity contribution in [3.8, 4) is 11.4 Å². The zero-order valence-corrected chi connectivity index (χ0v) is 18.6. The summed E-state index contributed by atoms with van der Waals surface area (Å²) < 4.78 is 60.4. The van der Waals surface area contributed by atoms with E-state index in [0.717, 1.165) is 35.8 Å². The summed E-state index contributed by atoms with van der Waals surface area (Å²) in [6.07, 6.45) is -4.66. The maximum absolute atomic E-state index is 13.2. The van der Waals surface area contributed by atoms with Gasteiger partial charge in [0.05, 0.1) is 11.3 Å². The van der Waals surface area contributed by atoms with Gasteiger partial charge in [0.2, 0.25) is 0 Å². The third kappa shape index (κ3) is 7.09. The van der Waals surface area contributed by atoms with Crippen LogP contribution in [-0.4, -0.2) is 48.9 Å². The average molecular weight is 485 g/mol. The Labute approximate surface area is 192 Å². The van der Waals surface area contributed by atoms with Crippen LogP contribution in [0.1, 0.15) is 35.5 Å². The molecule has 184 valence electrons. The van der Waals surface area contributed by atoms with Crippen LogP contribution in [0.5, 0.6) is 5.75 Å². The van der Waals surface area contributed by atoms with Gasteiger partial charge in [-0.2, -0.15) is 13.2 Å². The molecule has 0 atom stereocenters. The number of carbonyl (C=O) groups is 3. The summed E-state index contributed by atoms with van der Waals surface area (Å²) in [7, 11) is 0. The summed E-state index contributed by atoms with van der Waals surface area (Å²) in [4.78, 5) is 47.3. The van der Waals surface area contributed by atoms with E-state index in [9.17, 15) is 32.3 Å². The highest BCUT2D eigenvalue weighted by Gasteiger charge is 2.31. The van der Waals surface area contributed by atoms with E-state index in [1.807, 2.05) is 0 Å². The number of benzene rings is 1. The molecule has 0 amide bonds. The van der Waals surface area contributed by atoms with Crippen LogP contribution < -0.4 is 10.3 Å². The zero-order valence-electron chi connectivity index (χ0n) is 18.6. The van der Waals surface area contributed by atoms with E-state index in [-0.39, 0.29) is 43.6 Å². The van der Waals surface area contributed by atoms with Gasteiger partial charge in [0, 0.05) is 25.6 Å². The first-order valence-corrected chi connectivity index (χ1v) is 9.92. The summed E-state index contributed by atoms with van der Waals surface area (Å²) >= 11 is 0. The fourth-order valence-corrected chi connectivity index (χ4v) is 2.84. The molecule has 0 aliphatic carbocycles. The second kappa shape index (κ2) is 11.3. The van der Waals surface area contributed by atoms with Crippen molar-refractivity contribution in [1.29, 1.82) is 0 Å². The molecule has 0 aliphatic heterocycles. The minimum atomic E-state index is -4.66. The molecule has 34 heavy (non-hydrogen) atoms. The normalized spacial score (nSPS) is 11.0. The topological polar surface area (TPSA) is 110 Å². The molecule has 1 aromatic carbocycles. The molecule has 0 spiro atoms. The Morgan fingerprint density at radius 1 is 0.912 bits per heavy atom. The summed E-state index contributed by atoms with van der Waals surface area (Å²) in [5, 5.41) is 0. The third-order valence-electron chi connectivity index (χ3n) is 4.32. The van der Waals surface area contributed by atoms with Crippen molar-refractivity contribution in [2.45, 2.75) is 26.9 Å². The molecule has 0 fully saturated rings. The van der Waals surface area contributed by atoms with Gasteiger partial charge in [-0.1, -0.05) is 6.07 Å². The lowest BCUT2D eigenvalue weighted by Crippen LogP contribution is -2.29. The van der Waals surface area contributed by atoms with Crippen LogP contribution in [0.25, 0.3) is 5.69 Å². The molecule has 0 radical (unpaired) electrons. The molecule has 1 aromatic heterocycles. The summed E-state index contributed by atoms with van der Waals surface area (Å²) in [6, 6.07) is 5.07. The van der Waals surface area contributed by atoms with Crippen molar-refractivity contribution in [3.63, 3.8) is 0 Å². The first-order chi connectivity index (χ1) is 15.9. The minimum Gasteiger partial charge on any atom is -0.488 e. The zero-order chi connectivity index (χ0) is 25.5. The van der Waals surface area contributed by atoms with E-state index in [1.54, 1.807) is 0 Å². The van der Waals surface area contributed by atoms with Gasteiger partial charge in [0.1, 0.15) is 37.7 Å². The van der Waals surface area contributed by atoms with Crippen molar-refractivity contribution >= 4 is 17.9 Å². The van der Waals surface area contributed by atoms with Gasteiger partial charge in [0.25, 0.3) is 5.56 Å². The molecule has 2 rings (SSSR count). The van der Waals surface area contributed by atoms with Crippen LogP contribution in [-0.2, 0) is 30.0 Å². The van der Waals surface area contributed by atoms with Gasteiger partial charge in [-0.25, -0.2) is 4.79 Å². The number of alkyl halides is 3. The summed E-state index contributed by atoms with van der Waals surface area (Å²) in [5.74, 6) is -2.26. The van der Waals surface area contributed by atoms with Crippen LogP contribution in [0.15, 0.2) is 35.1 Å². The molecule has 0 N–H and O–H groups in total. The average Bonchev–Trinajstić information content (AvgIpc) is 2.75. The number of hydrogen-bond donors (Lipinski definition) is 0. The van der Waals surface area contributed by atoms with E-state index in [4.69, 9.17) is 14.2 Å². The first-order valence-electron chi connectivity index (χ1n) is 9.92. The van der Waals surface area contributed by atoms with Crippen molar-refractivity contribution in [2.75, 3.05) is 26.4 Å². The molecule has 9 nitrogen and oxygen atoms in total. The van der Waals surface area contributed by atoms with Gasteiger partial charge >= 0.3 is 24.1 Å². The third-order valence-corrected chi connectivity index (χ3v) is 4.32. The highest BCUT2D eigenvalue weighted by Crippen LogP contribution is 2.31. The van der Waals surface area contributed by atoms with Gasteiger partial charge in [-0.3, -0.25) is 19.0 Å². The van der Waals surface area contributed by atoms with Crippen LogP contribution >= 0.6 is 0 Å². The van der Waals surface area contributed by atoms with E-state index < -0.39 is 40.8 Å². The van der Waals surface area contributed by atoms with Gasteiger partial charge in [-0.15, -0.1) is 0 Å². The Bertz CT molecular complexity index is 1120. The number of aromatic nitrogens is 1. The van der Waals surface area contributed by atoms with Crippen LogP contribution in [0, 0.1) is 6.92 Å². The molecular weight excluding hydrogens is 463 g/mol. The number of nitrogens with zero attached hydrogens (tertiary/aromatic N) is 1. The molecule has 0 saturated carbocycles. The number of rotatable bonds is 9. The number of ether oxygens (including phenoxy) is 4. The minimum absolute atomic E-state index is 0.0175. The van der Waals surface area contributed by atoms with Gasteiger partial charge in [-0.05, 0) is 25.1 Å². The molecular formula is C22H22F3NO8. The second-order valence-corrected chi connectivity index (χ2v) is 6.86. The SMILES string of the molecule is CC(=O)OCCOC(=O)c1cc(OCCOC(C)=O)c(C)n(-c2cccc(C(F)(F)F)c2)c1=O. The van der Waals surface area contributed by atoms with Crippen LogP contribution in [0.2, 0.25) is 0 Å². The summed E-state index contributed by atoms with van der Waals surface area (Å²) in [6.45, 7) is 2.89.